The Morgan fingerprint density at radius 2 is 2.06 bits per heavy atom. The van der Waals surface area contributed by atoms with Crippen molar-refractivity contribution in [1.82, 2.24) is 10.6 Å². The maximum Gasteiger partial charge on any atom is 0.191 e. The van der Waals surface area contributed by atoms with Gasteiger partial charge in [0.1, 0.15) is 0 Å². The minimum absolute atomic E-state index is 0.178. The lowest BCUT2D eigenvalue weighted by Gasteiger charge is -2.12. The SMILES string of the molecule is CCNC(=NCC(C)CO)NCCCCOCC. The van der Waals surface area contributed by atoms with E-state index in [-0.39, 0.29) is 12.5 Å². The zero-order chi connectivity index (χ0) is 13.6. The van der Waals surface area contributed by atoms with Gasteiger partial charge in [-0.3, -0.25) is 4.99 Å². The molecule has 0 aliphatic rings. The van der Waals surface area contributed by atoms with Crippen LogP contribution in [-0.2, 0) is 4.74 Å². The summed E-state index contributed by atoms with van der Waals surface area (Å²) in [6.45, 7) is 10.2. The Balaban J connectivity index is 3.75. The van der Waals surface area contributed by atoms with Crippen LogP contribution in [0, 0.1) is 5.92 Å². The van der Waals surface area contributed by atoms with Crippen LogP contribution in [0.5, 0.6) is 0 Å². The van der Waals surface area contributed by atoms with Gasteiger partial charge in [0, 0.05) is 39.5 Å². The van der Waals surface area contributed by atoms with Gasteiger partial charge in [-0.25, -0.2) is 0 Å². The molecular formula is C13H29N3O2. The Hall–Kier alpha value is -0.810. The molecule has 0 radical (unpaired) electrons. The van der Waals surface area contributed by atoms with Crippen LogP contribution in [0.2, 0.25) is 0 Å². The highest BCUT2D eigenvalue weighted by molar-refractivity contribution is 5.79. The van der Waals surface area contributed by atoms with Gasteiger partial charge in [0.25, 0.3) is 0 Å². The highest BCUT2D eigenvalue weighted by Crippen LogP contribution is 1.93. The van der Waals surface area contributed by atoms with Gasteiger partial charge in [-0.15, -0.1) is 0 Å². The predicted octanol–water partition coefficient (Wildman–Crippen LogP) is 0.987. The number of unbranched alkanes of at least 4 members (excludes halogenated alkanes) is 1. The van der Waals surface area contributed by atoms with Crippen LogP contribution in [0.3, 0.4) is 0 Å². The molecule has 18 heavy (non-hydrogen) atoms. The number of aliphatic hydroxyl groups is 1. The molecule has 1 unspecified atom stereocenters. The van der Waals surface area contributed by atoms with Crippen LogP contribution in [0.15, 0.2) is 4.99 Å². The fraction of sp³-hybridized carbons (Fsp3) is 0.923. The summed E-state index contributed by atoms with van der Waals surface area (Å²) in [4.78, 5) is 4.42. The fourth-order valence-electron chi connectivity index (χ4n) is 1.33. The second-order valence-corrected chi connectivity index (χ2v) is 4.34. The van der Waals surface area contributed by atoms with Crippen LogP contribution in [0.25, 0.3) is 0 Å². The smallest absolute Gasteiger partial charge is 0.191 e. The van der Waals surface area contributed by atoms with Crippen molar-refractivity contribution in [2.24, 2.45) is 10.9 Å². The lowest BCUT2D eigenvalue weighted by molar-refractivity contribution is 0.143. The maximum absolute atomic E-state index is 8.95. The van der Waals surface area contributed by atoms with Gasteiger partial charge >= 0.3 is 0 Å². The van der Waals surface area contributed by atoms with E-state index in [1.165, 1.54) is 0 Å². The van der Waals surface area contributed by atoms with Crippen molar-refractivity contribution in [3.63, 3.8) is 0 Å². The Morgan fingerprint density at radius 3 is 2.67 bits per heavy atom. The minimum atomic E-state index is 0.178. The first-order valence-corrected chi connectivity index (χ1v) is 6.95. The van der Waals surface area contributed by atoms with Crippen LogP contribution in [0.1, 0.15) is 33.6 Å². The van der Waals surface area contributed by atoms with E-state index >= 15 is 0 Å². The summed E-state index contributed by atoms with van der Waals surface area (Å²) < 4.78 is 5.28. The number of rotatable bonds is 10. The number of aliphatic imine (C=N–C) groups is 1. The molecule has 1 atom stereocenters. The van der Waals surface area contributed by atoms with E-state index in [2.05, 4.69) is 15.6 Å². The molecule has 0 aromatic heterocycles. The van der Waals surface area contributed by atoms with Crippen molar-refractivity contribution in [3.05, 3.63) is 0 Å². The molecule has 0 saturated carbocycles. The number of guanidine groups is 1. The third-order valence-electron chi connectivity index (χ3n) is 2.43. The summed E-state index contributed by atoms with van der Waals surface area (Å²) in [5, 5.41) is 15.4. The lowest BCUT2D eigenvalue weighted by Crippen LogP contribution is -2.38. The fourth-order valence-corrected chi connectivity index (χ4v) is 1.33. The zero-order valence-electron chi connectivity index (χ0n) is 12.0. The van der Waals surface area contributed by atoms with Gasteiger partial charge in [-0.2, -0.15) is 0 Å². The number of nitrogens with one attached hydrogen (secondary N) is 2. The first-order chi connectivity index (χ1) is 8.74. The van der Waals surface area contributed by atoms with Crippen LogP contribution in [-0.4, -0.2) is 50.5 Å². The van der Waals surface area contributed by atoms with Crippen LogP contribution < -0.4 is 10.6 Å². The van der Waals surface area contributed by atoms with Gasteiger partial charge in [-0.1, -0.05) is 6.92 Å². The van der Waals surface area contributed by atoms with Crippen molar-refractivity contribution >= 4 is 5.96 Å². The van der Waals surface area contributed by atoms with Crippen molar-refractivity contribution in [2.75, 3.05) is 39.5 Å². The average molecular weight is 259 g/mol. The summed E-state index contributed by atoms with van der Waals surface area (Å²) in [5.41, 5.74) is 0. The molecule has 0 aromatic carbocycles. The standard InChI is InChI=1S/C13H29N3O2/c1-4-14-13(16-10-12(3)11-17)15-8-6-7-9-18-5-2/h12,17H,4-11H2,1-3H3,(H2,14,15,16). The minimum Gasteiger partial charge on any atom is -0.396 e. The normalized spacial score (nSPS) is 13.4. The Morgan fingerprint density at radius 1 is 1.28 bits per heavy atom. The summed E-state index contributed by atoms with van der Waals surface area (Å²) in [7, 11) is 0. The molecule has 0 saturated heterocycles. The molecule has 3 N–H and O–H groups in total. The molecule has 108 valence electrons. The molecule has 0 rings (SSSR count). The molecule has 0 aromatic rings. The van der Waals surface area contributed by atoms with E-state index in [9.17, 15) is 0 Å². The number of hydrogen-bond acceptors (Lipinski definition) is 3. The second-order valence-electron chi connectivity index (χ2n) is 4.34. The third-order valence-corrected chi connectivity index (χ3v) is 2.43. The largest absolute Gasteiger partial charge is 0.396 e. The number of aliphatic hydroxyl groups excluding tert-OH is 1. The average Bonchev–Trinajstić information content (AvgIpc) is 2.39. The van der Waals surface area contributed by atoms with Gasteiger partial charge < -0.3 is 20.5 Å². The van der Waals surface area contributed by atoms with E-state index in [0.717, 1.165) is 45.1 Å². The molecule has 0 spiro atoms. The van der Waals surface area contributed by atoms with Crippen LogP contribution in [0.4, 0.5) is 0 Å². The van der Waals surface area contributed by atoms with E-state index in [0.29, 0.717) is 6.54 Å². The molecule has 0 bridgehead atoms. The molecule has 0 aliphatic carbocycles. The summed E-state index contributed by atoms with van der Waals surface area (Å²) in [6.07, 6.45) is 2.13. The van der Waals surface area contributed by atoms with E-state index in [1.807, 2.05) is 20.8 Å². The van der Waals surface area contributed by atoms with Gasteiger partial charge in [-0.05, 0) is 32.6 Å². The Kier molecular flexibility index (Phi) is 12.1. The topological polar surface area (TPSA) is 65.9 Å². The molecule has 0 aliphatic heterocycles. The molecule has 5 heteroatoms. The van der Waals surface area contributed by atoms with Gasteiger partial charge in [0.15, 0.2) is 5.96 Å². The van der Waals surface area contributed by atoms with Gasteiger partial charge in [0.2, 0.25) is 0 Å². The number of hydrogen-bond donors (Lipinski definition) is 3. The monoisotopic (exact) mass is 259 g/mol. The first kappa shape index (κ1) is 17.2. The summed E-state index contributed by atoms with van der Waals surface area (Å²) in [6, 6.07) is 0. The maximum atomic E-state index is 8.95. The highest BCUT2D eigenvalue weighted by Gasteiger charge is 2.00. The van der Waals surface area contributed by atoms with Crippen molar-refractivity contribution in [2.45, 2.75) is 33.6 Å². The van der Waals surface area contributed by atoms with Crippen LogP contribution >= 0.6 is 0 Å². The van der Waals surface area contributed by atoms with E-state index in [4.69, 9.17) is 9.84 Å². The molecule has 0 fully saturated rings. The number of ether oxygens (including phenoxy) is 1. The van der Waals surface area contributed by atoms with E-state index in [1.54, 1.807) is 0 Å². The lowest BCUT2D eigenvalue weighted by atomic mass is 10.2. The molecular weight excluding hydrogens is 230 g/mol. The molecule has 5 nitrogen and oxygen atoms in total. The van der Waals surface area contributed by atoms with Crippen molar-refractivity contribution in [1.29, 1.82) is 0 Å². The second kappa shape index (κ2) is 12.6. The summed E-state index contributed by atoms with van der Waals surface area (Å²) in [5.74, 6) is 1.03. The zero-order valence-corrected chi connectivity index (χ0v) is 12.0. The number of nitrogens with zero attached hydrogens (tertiary/aromatic N) is 1. The third kappa shape index (κ3) is 10.4. The van der Waals surface area contributed by atoms with E-state index < -0.39 is 0 Å². The summed E-state index contributed by atoms with van der Waals surface area (Å²) >= 11 is 0. The molecule has 0 heterocycles. The highest BCUT2D eigenvalue weighted by atomic mass is 16.5. The predicted molar refractivity (Wildman–Crippen MR) is 76.0 cm³/mol. The first-order valence-electron chi connectivity index (χ1n) is 6.95. The Bertz CT molecular complexity index is 210. The van der Waals surface area contributed by atoms with Crippen molar-refractivity contribution in [3.8, 4) is 0 Å². The Labute approximate surface area is 111 Å². The van der Waals surface area contributed by atoms with Crippen molar-refractivity contribution < 1.29 is 9.84 Å². The molecule has 0 amide bonds. The van der Waals surface area contributed by atoms with Gasteiger partial charge in [0.05, 0.1) is 0 Å². The quantitative estimate of drug-likeness (QED) is 0.311.